The van der Waals surface area contributed by atoms with Gasteiger partial charge in [0, 0.05) is 12.6 Å². The first-order valence-corrected chi connectivity index (χ1v) is 7.81. The maximum atomic E-state index is 12.6. The van der Waals surface area contributed by atoms with Crippen molar-refractivity contribution in [1.29, 1.82) is 0 Å². The van der Waals surface area contributed by atoms with Gasteiger partial charge in [0.2, 0.25) is 10.0 Å². The first-order valence-electron chi connectivity index (χ1n) is 6.37. The van der Waals surface area contributed by atoms with E-state index in [1.165, 1.54) is 19.9 Å². The molecule has 0 saturated carbocycles. The van der Waals surface area contributed by atoms with Crippen LogP contribution in [0, 0.1) is 6.92 Å². The van der Waals surface area contributed by atoms with Crippen LogP contribution in [-0.4, -0.2) is 31.5 Å². The summed E-state index contributed by atoms with van der Waals surface area (Å²) in [7, 11) is -4.24. The molecule has 0 atom stereocenters. The summed E-state index contributed by atoms with van der Waals surface area (Å²) in [6, 6.07) is 3.72. The van der Waals surface area contributed by atoms with Crippen molar-refractivity contribution in [3.8, 4) is 0 Å². The summed E-state index contributed by atoms with van der Waals surface area (Å²) >= 11 is 0. The molecule has 1 rings (SSSR count). The Kier molecular flexibility index (Phi) is 5.40. The number of hydrogen-bond acceptors (Lipinski definition) is 3. The third-order valence-corrected chi connectivity index (χ3v) is 5.15. The number of aryl methyl sites for hydroxylation is 1. The molecule has 4 nitrogen and oxygen atoms in total. The van der Waals surface area contributed by atoms with Crippen molar-refractivity contribution in [3.05, 3.63) is 29.3 Å². The van der Waals surface area contributed by atoms with E-state index in [4.69, 9.17) is 5.73 Å². The summed E-state index contributed by atoms with van der Waals surface area (Å²) in [6.07, 6.45) is -4.60. The topological polar surface area (TPSA) is 63.4 Å². The second-order valence-electron chi connectivity index (χ2n) is 5.06. The molecule has 120 valence electrons. The second-order valence-corrected chi connectivity index (χ2v) is 6.92. The number of hydrogen-bond donors (Lipinski definition) is 1. The maximum absolute atomic E-state index is 12.6. The molecule has 1 aromatic carbocycles. The quantitative estimate of drug-likeness (QED) is 0.905. The van der Waals surface area contributed by atoms with Crippen LogP contribution < -0.4 is 5.73 Å². The number of halogens is 3. The largest absolute Gasteiger partial charge is 0.402 e. The molecule has 0 fully saturated rings. The molecule has 0 aromatic heterocycles. The lowest BCUT2D eigenvalue weighted by Crippen LogP contribution is -2.43. The lowest BCUT2D eigenvalue weighted by Gasteiger charge is -2.27. The van der Waals surface area contributed by atoms with Crippen LogP contribution in [0.25, 0.3) is 0 Å². The van der Waals surface area contributed by atoms with Gasteiger partial charge in [-0.15, -0.1) is 0 Å². The fourth-order valence-corrected chi connectivity index (χ4v) is 3.80. The highest BCUT2D eigenvalue weighted by Gasteiger charge is 2.38. The minimum absolute atomic E-state index is 0.115. The number of nitrogens with zero attached hydrogens (tertiary/aromatic N) is 1. The average molecular weight is 324 g/mol. The number of nitrogens with two attached hydrogens (primary N) is 1. The Bertz CT molecular complexity index is 598. The van der Waals surface area contributed by atoms with E-state index < -0.39 is 28.8 Å². The van der Waals surface area contributed by atoms with Gasteiger partial charge in [-0.1, -0.05) is 12.1 Å². The van der Waals surface area contributed by atoms with Crippen molar-refractivity contribution in [2.75, 3.05) is 6.54 Å². The van der Waals surface area contributed by atoms with E-state index in [-0.39, 0.29) is 11.4 Å². The molecule has 0 unspecified atom stereocenters. The normalized spacial score (nSPS) is 13.2. The number of alkyl halides is 3. The zero-order chi connectivity index (χ0) is 16.4. The highest BCUT2D eigenvalue weighted by molar-refractivity contribution is 7.89. The molecule has 0 aliphatic carbocycles. The van der Waals surface area contributed by atoms with E-state index in [1.54, 1.807) is 19.1 Å². The highest BCUT2D eigenvalue weighted by atomic mass is 32.2. The molecule has 0 aliphatic rings. The van der Waals surface area contributed by atoms with E-state index in [2.05, 4.69) is 0 Å². The van der Waals surface area contributed by atoms with E-state index in [9.17, 15) is 21.6 Å². The van der Waals surface area contributed by atoms with E-state index in [1.807, 2.05) is 0 Å². The number of sulfonamides is 1. The van der Waals surface area contributed by atoms with Gasteiger partial charge in [0.15, 0.2) is 0 Å². The summed E-state index contributed by atoms with van der Waals surface area (Å²) in [5.41, 5.74) is 6.40. The summed E-state index contributed by atoms with van der Waals surface area (Å²) in [5, 5.41) is 0. The van der Waals surface area contributed by atoms with Gasteiger partial charge in [0.25, 0.3) is 0 Å². The predicted octanol–water partition coefficient (Wildman–Crippen LogP) is 2.42. The Hall–Kier alpha value is -1.12. The summed E-state index contributed by atoms with van der Waals surface area (Å²) < 4.78 is 63.4. The van der Waals surface area contributed by atoms with E-state index in [0.717, 1.165) is 0 Å². The smallest absolute Gasteiger partial charge is 0.326 e. The maximum Gasteiger partial charge on any atom is 0.402 e. The molecular weight excluding hydrogens is 305 g/mol. The SMILES string of the molecule is Cc1ccc(CN)cc1S(=O)(=O)N(CC(F)(F)F)C(C)C. The molecule has 2 N–H and O–H groups in total. The first kappa shape index (κ1) is 17.9. The molecule has 0 radical (unpaired) electrons. The van der Waals surface area contributed by atoms with Gasteiger partial charge in [0.1, 0.15) is 6.54 Å². The van der Waals surface area contributed by atoms with Crippen molar-refractivity contribution in [1.82, 2.24) is 4.31 Å². The van der Waals surface area contributed by atoms with E-state index in [0.29, 0.717) is 15.4 Å². The lowest BCUT2D eigenvalue weighted by molar-refractivity contribution is -0.138. The molecule has 0 amide bonds. The van der Waals surface area contributed by atoms with Crippen LogP contribution in [0.5, 0.6) is 0 Å². The Morgan fingerprint density at radius 2 is 1.86 bits per heavy atom. The molecule has 0 aliphatic heterocycles. The minimum atomic E-state index is -4.60. The molecule has 21 heavy (non-hydrogen) atoms. The predicted molar refractivity (Wildman–Crippen MR) is 74.2 cm³/mol. The molecule has 0 heterocycles. The third kappa shape index (κ3) is 4.42. The summed E-state index contributed by atoms with van der Waals surface area (Å²) in [5.74, 6) is 0. The number of benzene rings is 1. The monoisotopic (exact) mass is 324 g/mol. The van der Waals surface area contributed by atoms with Crippen LogP contribution in [0.4, 0.5) is 13.2 Å². The Morgan fingerprint density at radius 3 is 2.29 bits per heavy atom. The third-order valence-electron chi connectivity index (χ3n) is 2.99. The zero-order valence-corrected chi connectivity index (χ0v) is 12.9. The Morgan fingerprint density at radius 1 is 1.29 bits per heavy atom. The zero-order valence-electron chi connectivity index (χ0n) is 12.1. The average Bonchev–Trinajstić information content (AvgIpc) is 2.35. The van der Waals surface area contributed by atoms with Gasteiger partial charge in [0.05, 0.1) is 4.90 Å². The standard InChI is InChI=1S/C13H19F3N2O2S/c1-9(2)18(8-13(14,15)16)21(19,20)12-6-11(7-17)5-4-10(12)3/h4-6,9H,7-8,17H2,1-3H3. The van der Waals surface area contributed by atoms with Gasteiger partial charge < -0.3 is 5.73 Å². The van der Waals surface area contributed by atoms with Gasteiger partial charge in [-0.3, -0.25) is 0 Å². The van der Waals surface area contributed by atoms with Crippen LogP contribution in [0.15, 0.2) is 23.1 Å². The van der Waals surface area contributed by atoms with Crippen molar-refractivity contribution in [3.63, 3.8) is 0 Å². The molecule has 1 aromatic rings. The van der Waals surface area contributed by atoms with Crippen LogP contribution in [0.1, 0.15) is 25.0 Å². The van der Waals surface area contributed by atoms with Crippen LogP contribution in [-0.2, 0) is 16.6 Å². The number of rotatable bonds is 5. The van der Waals surface area contributed by atoms with Crippen molar-refractivity contribution in [2.24, 2.45) is 5.73 Å². The van der Waals surface area contributed by atoms with Gasteiger partial charge in [-0.2, -0.15) is 17.5 Å². The summed E-state index contributed by atoms with van der Waals surface area (Å²) in [4.78, 5) is -0.136. The van der Waals surface area contributed by atoms with Crippen molar-refractivity contribution < 1.29 is 21.6 Å². The van der Waals surface area contributed by atoms with Gasteiger partial charge >= 0.3 is 6.18 Å². The van der Waals surface area contributed by atoms with Crippen molar-refractivity contribution in [2.45, 2.75) is 44.4 Å². The fraction of sp³-hybridized carbons (Fsp3) is 0.538. The molecule has 0 bridgehead atoms. The van der Waals surface area contributed by atoms with Gasteiger partial charge in [-0.05, 0) is 38.0 Å². The Balaban J connectivity index is 3.36. The van der Waals surface area contributed by atoms with Crippen molar-refractivity contribution >= 4 is 10.0 Å². The molecule has 8 heteroatoms. The second kappa shape index (κ2) is 6.33. The van der Waals surface area contributed by atoms with E-state index >= 15 is 0 Å². The highest BCUT2D eigenvalue weighted by Crippen LogP contribution is 2.27. The lowest BCUT2D eigenvalue weighted by atomic mass is 10.1. The van der Waals surface area contributed by atoms with Crippen LogP contribution in [0.3, 0.4) is 0 Å². The summed E-state index contributed by atoms with van der Waals surface area (Å²) in [6.45, 7) is 2.96. The minimum Gasteiger partial charge on any atom is -0.326 e. The molecule has 0 spiro atoms. The first-order chi connectivity index (χ1) is 9.49. The molecular formula is C13H19F3N2O2S. The molecule has 0 saturated heterocycles. The Labute approximate surface area is 122 Å². The van der Waals surface area contributed by atoms with Gasteiger partial charge in [-0.25, -0.2) is 8.42 Å². The fourth-order valence-electron chi connectivity index (χ4n) is 1.90. The van der Waals surface area contributed by atoms with Crippen LogP contribution in [0.2, 0.25) is 0 Å². The van der Waals surface area contributed by atoms with Crippen LogP contribution >= 0.6 is 0 Å².